The SMILES string of the molecule is O=c1[nH]c(=O)n(CCCCBr)c2ccc([N+](=O)[O-])cc12. The molecule has 20 heavy (non-hydrogen) atoms. The maximum atomic E-state index is 11.8. The standard InChI is InChI=1S/C12H12BrN3O4/c13-5-1-2-6-15-10-4-3-8(16(19)20)7-9(10)11(17)14-12(15)18/h3-4,7H,1-2,5-6H2,(H,14,17,18). The molecule has 0 radical (unpaired) electrons. The molecular formula is C12H12BrN3O4. The fourth-order valence-corrected chi connectivity index (χ4v) is 2.38. The lowest BCUT2D eigenvalue weighted by molar-refractivity contribution is -0.384. The van der Waals surface area contributed by atoms with Gasteiger partial charge in [-0.25, -0.2) is 4.79 Å². The van der Waals surface area contributed by atoms with Gasteiger partial charge in [0.05, 0.1) is 15.8 Å². The van der Waals surface area contributed by atoms with Gasteiger partial charge in [0, 0.05) is 24.0 Å². The quantitative estimate of drug-likeness (QED) is 0.387. The fourth-order valence-electron chi connectivity index (χ4n) is 1.98. The first-order chi connectivity index (χ1) is 9.54. The molecule has 7 nitrogen and oxygen atoms in total. The lowest BCUT2D eigenvalue weighted by Crippen LogP contribution is -2.30. The molecule has 2 rings (SSSR count). The average molecular weight is 342 g/mol. The predicted octanol–water partition coefficient (Wildman–Crippen LogP) is 1.77. The topological polar surface area (TPSA) is 98.0 Å². The number of H-pyrrole nitrogens is 1. The van der Waals surface area contributed by atoms with Gasteiger partial charge in [-0.15, -0.1) is 0 Å². The second-order valence-electron chi connectivity index (χ2n) is 4.27. The number of aryl methyl sites for hydroxylation is 1. The Morgan fingerprint density at radius 3 is 2.70 bits per heavy atom. The van der Waals surface area contributed by atoms with Gasteiger partial charge in [-0.3, -0.25) is 24.5 Å². The van der Waals surface area contributed by atoms with Crippen LogP contribution in [0.4, 0.5) is 5.69 Å². The van der Waals surface area contributed by atoms with Gasteiger partial charge in [-0.2, -0.15) is 0 Å². The number of nitro benzene ring substituents is 1. The average Bonchev–Trinajstić information content (AvgIpc) is 2.42. The lowest BCUT2D eigenvalue weighted by Gasteiger charge is -2.08. The molecule has 0 unspecified atom stereocenters. The number of nitrogens with one attached hydrogen (secondary N) is 1. The molecule has 1 aromatic heterocycles. The molecule has 1 aromatic carbocycles. The van der Waals surface area contributed by atoms with Crippen molar-refractivity contribution in [1.29, 1.82) is 0 Å². The van der Waals surface area contributed by atoms with Crippen LogP contribution in [0.3, 0.4) is 0 Å². The Labute approximate surface area is 121 Å². The van der Waals surface area contributed by atoms with Crippen molar-refractivity contribution in [2.75, 3.05) is 5.33 Å². The summed E-state index contributed by atoms with van der Waals surface area (Å²) in [6, 6.07) is 3.93. The predicted molar refractivity (Wildman–Crippen MR) is 78.5 cm³/mol. The zero-order valence-electron chi connectivity index (χ0n) is 10.5. The van der Waals surface area contributed by atoms with E-state index in [0.29, 0.717) is 12.1 Å². The third kappa shape index (κ3) is 2.79. The van der Waals surface area contributed by atoms with Gasteiger partial charge in [0.1, 0.15) is 0 Å². The normalized spacial score (nSPS) is 10.8. The number of aromatic nitrogens is 2. The summed E-state index contributed by atoms with van der Waals surface area (Å²) in [5.41, 5.74) is -0.857. The minimum Gasteiger partial charge on any atom is -0.293 e. The molecule has 0 aliphatic carbocycles. The Kier molecular flexibility index (Phi) is 4.33. The minimum atomic E-state index is -0.606. The summed E-state index contributed by atoms with van der Waals surface area (Å²) in [4.78, 5) is 35.9. The second kappa shape index (κ2) is 6.00. The zero-order valence-corrected chi connectivity index (χ0v) is 12.1. The highest BCUT2D eigenvalue weighted by Gasteiger charge is 2.12. The van der Waals surface area contributed by atoms with E-state index in [1.807, 2.05) is 0 Å². The largest absolute Gasteiger partial charge is 0.328 e. The number of nitrogens with zero attached hydrogens (tertiary/aromatic N) is 2. The number of aromatic amines is 1. The van der Waals surface area contributed by atoms with Crippen molar-refractivity contribution in [2.24, 2.45) is 0 Å². The van der Waals surface area contributed by atoms with Crippen LogP contribution in [0.1, 0.15) is 12.8 Å². The first-order valence-corrected chi connectivity index (χ1v) is 7.14. The van der Waals surface area contributed by atoms with E-state index in [9.17, 15) is 19.7 Å². The van der Waals surface area contributed by atoms with Crippen LogP contribution in [0.2, 0.25) is 0 Å². The van der Waals surface area contributed by atoms with Crippen LogP contribution in [0.5, 0.6) is 0 Å². The van der Waals surface area contributed by atoms with Crippen molar-refractivity contribution in [3.8, 4) is 0 Å². The Bertz CT molecular complexity index is 765. The summed E-state index contributed by atoms with van der Waals surface area (Å²) in [5.74, 6) is 0. The molecule has 106 valence electrons. The van der Waals surface area contributed by atoms with E-state index in [2.05, 4.69) is 20.9 Å². The smallest absolute Gasteiger partial charge is 0.293 e. The molecule has 0 fully saturated rings. The highest BCUT2D eigenvalue weighted by molar-refractivity contribution is 9.09. The van der Waals surface area contributed by atoms with E-state index in [4.69, 9.17) is 0 Å². The Morgan fingerprint density at radius 2 is 2.05 bits per heavy atom. The van der Waals surface area contributed by atoms with E-state index >= 15 is 0 Å². The van der Waals surface area contributed by atoms with Gasteiger partial charge in [0.15, 0.2) is 0 Å². The third-order valence-electron chi connectivity index (χ3n) is 2.96. The van der Waals surface area contributed by atoms with E-state index in [1.165, 1.54) is 22.8 Å². The Balaban J connectivity index is 2.60. The number of rotatable bonds is 5. The number of halogens is 1. The summed E-state index contributed by atoms with van der Waals surface area (Å²) in [6.07, 6.45) is 1.66. The van der Waals surface area contributed by atoms with E-state index < -0.39 is 16.2 Å². The lowest BCUT2D eigenvalue weighted by atomic mass is 10.2. The highest BCUT2D eigenvalue weighted by Crippen LogP contribution is 2.17. The van der Waals surface area contributed by atoms with Gasteiger partial charge in [-0.1, -0.05) is 15.9 Å². The molecule has 0 saturated carbocycles. The number of nitro groups is 1. The number of hydrogen-bond acceptors (Lipinski definition) is 4. The monoisotopic (exact) mass is 341 g/mol. The molecule has 0 amide bonds. The van der Waals surface area contributed by atoms with Crippen LogP contribution in [-0.2, 0) is 6.54 Å². The van der Waals surface area contributed by atoms with Crippen LogP contribution >= 0.6 is 15.9 Å². The molecular weight excluding hydrogens is 330 g/mol. The number of unbranched alkanes of at least 4 members (excludes halogenated alkanes) is 1. The first-order valence-electron chi connectivity index (χ1n) is 6.02. The van der Waals surface area contributed by atoms with Crippen LogP contribution in [0, 0.1) is 10.1 Å². The summed E-state index contributed by atoms with van der Waals surface area (Å²) in [5, 5.41) is 11.7. The van der Waals surface area contributed by atoms with E-state index in [-0.39, 0.29) is 11.1 Å². The van der Waals surface area contributed by atoms with Crippen LogP contribution < -0.4 is 11.2 Å². The van der Waals surface area contributed by atoms with Crippen molar-refractivity contribution in [1.82, 2.24) is 9.55 Å². The van der Waals surface area contributed by atoms with Gasteiger partial charge in [0.25, 0.3) is 11.2 Å². The molecule has 2 aromatic rings. The van der Waals surface area contributed by atoms with E-state index in [1.54, 1.807) is 0 Å². The summed E-state index contributed by atoms with van der Waals surface area (Å²) >= 11 is 3.31. The van der Waals surface area contributed by atoms with Gasteiger partial charge >= 0.3 is 5.69 Å². The number of benzene rings is 1. The second-order valence-corrected chi connectivity index (χ2v) is 5.06. The van der Waals surface area contributed by atoms with Crippen molar-refractivity contribution in [3.05, 3.63) is 49.2 Å². The zero-order chi connectivity index (χ0) is 14.7. The molecule has 0 aliphatic rings. The molecule has 0 saturated heterocycles. The van der Waals surface area contributed by atoms with Crippen LogP contribution in [-0.4, -0.2) is 19.8 Å². The summed E-state index contributed by atoms with van der Waals surface area (Å²) in [7, 11) is 0. The molecule has 0 bridgehead atoms. The molecule has 0 aliphatic heterocycles. The van der Waals surface area contributed by atoms with Crippen LogP contribution in [0.15, 0.2) is 27.8 Å². The summed E-state index contributed by atoms with van der Waals surface area (Å²) < 4.78 is 1.43. The van der Waals surface area contributed by atoms with Gasteiger partial charge in [0.2, 0.25) is 0 Å². The van der Waals surface area contributed by atoms with Crippen molar-refractivity contribution in [3.63, 3.8) is 0 Å². The van der Waals surface area contributed by atoms with Gasteiger partial charge in [-0.05, 0) is 18.9 Å². The minimum absolute atomic E-state index is 0.151. The molecule has 1 N–H and O–H groups in total. The van der Waals surface area contributed by atoms with Gasteiger partial charge < -0.3 is 0 Å². The molecule has 0 atom stereocenters. The third-order valence-corrected chi connectivity index (χ3v) is 3.52. The van der Waals surface area contributed by atoms with E-state index in [0.717, 1.165) is 18.2 Å². The Hall–Kier alpha value is -1.96. The summed E-state index contributed by atoms with van der Waals surface area (Å²) in [6.45, 7) is 0.454. The molecule has 0 spiro atoms. The van der Waals surface area contributed by atoms with Crippen molar-refractivity contribution in [2.45, 2.75) is 19.4 Å². The number of fused-ring (bicyclic) bond motifs is 1. The first kappa shape index (κ1) is 14.4. The number of hydrogen-bond donors (Lipinski definition) is 1. The maximum absolute atomic E-state index is 11.8. The maximum Gasteiger partial charge on any atom is 0.328 e. The van der Waals surface area contributed by atoms with Crippen molar-refractivity contribution >= 4 is 32.5 Å². The molecule has 8 heteroatoms. The molecule has 1 heterocycles. The van der Waals surface area contributed by atoms with Crippen molar-refractivity contribution < 1.29 is 4.92 Å². The van der Waals surface area contributed by atoms with Crippen LogP contribution in [0.25, 0.3) is 10.9 Å². The highest BCUT2D eigenvalue weighted by atomic mass is 79.9. The number of alkyl halides is 1. The fraction of sp³-hybridized carbons (Fsp3) is 0.333. The Morgan fingerprint density at radius 1 is 1.30 bits per heavy atom. The number of non-ortho nitro benzene ring substituents is 1.